The predicted molar refractivity (Wildman–Crippen MR) is 47.7 cm³/mol. The molecular formula is C9H10N2O3. The van der Waals surface area contributed by atoms with Gasteiger partial charge in [0.1, 0.15) is 5.69 Å². The summed E-state index contributed by atoms with van der Waals surface area (Å²) in [5, 5.41) is 8.83. The molecular weight excluding hydrogens is 184 g/mol. The van der Waals surface area contributed by atoms with Gasteiger partial charge >= 0.3 is 5.97 Å². The van der Waals surface area contributed by atoms with E-state index in [2.05, 4.69) is 4.98 Å². The molecule has 0 radical (unpaired) electrons. The number of hydrogen-bond donors (Lipinski definition) is 2. The second kappa shape index (κ2) is 2.87. The molecule has 0 saturated carbocycles. The number of aromatic amines is 1. The van der Waals surface area contributed by atoms with Crippen LogP contribution in [0.1, 0.15) is 28.5 Å². The SMILES string of the molecule is CC(=O)N1Cc2c[nH]c(C(=O)O)c2C1. The molecule has 1 aromatic rings. The Morgan fingerprint density at radius 1 is 1.50 bits per heavy atom. The first kappa shape index (κ1) is 8.80. The van der Waals surface area contributed by atoms with Crippen LogP contribution < -0.4 is 0 Å². The normalized spacial score (nSPS) is 14.2. The molecule has 0 aliphatic carbocycles. The molecule has 0 saturated heterocycles. The van der Waals surface area contributed by atoms with Gasteiger partial charge in [-0.15, -0.1) is 0 Å². The molecule has 0 unspecified atom stereocenters. The fourth-order valence-corrected chi connectivity index (χ4v) is 1.68. The van der Waals surface area contributed by atoms with Crippen molar-refractivity contribution in [2.75, 3.05) is 0 Å². The standard InChI is InChI=1S/C9H10N2O3/c1-5(12)11-3-6-2-10-8(9(13)14)7(6)4-11/h2,10H,3-4H2,1H3,(H,13,14). The number of nitrogens with zero attached hydrogens (tertiary/aromatic N) is 1. The fraction of sp³-hybridized carbons (Fsp3) is 0.333. The van der Waals surface area contributed by atoms with Crippen molar-refractivity contribution in [2.24, 2.45) is 0 Å². The van der Waals surface area contributed by atoms with E-state index < -0.39 is 5.97 Å². The topological polar surface area (TPSA) is 73.4 Å². The zero-order valence-corrected chi connectivity index (χ0v) is 7.70. The van der Waals surface area contributed by atoms with Gasteiger partial charge in [-0.25, -0.2) is 4.79 Å². The van der Waals surface area contributed by atoms with Crippen LogP contribution in [-0.2, 0) is 17.9 Å². The molecule has 1 aromatic heterocycles. The van der Waals surface area contributed by atoms with Crippen molar-refractivity contribution in [3.05, 3.63) is 23.0 Å². The Bertz CT molecular complexity index is 408. The number of aromatic nitrogens is 1. The van der Waals surface area contributed by atoms with Crippen molar-refractivity contribution in [2.45, 2.75) is 20.0 Å². The summed E-state index contributed by atoms with van der Waals surface area (Å²) in [6.07, 6.45) is 1.65. The minimum atomic E-state index is -0.975. The zero-order chi connectivity index (χ0) is 10.3. The monoisotopic (exact) mass is 194 g/mol. The second-order valence-corrected chi connectivity index (χ2v) is 3.35. The van der Waals surface area contributed by atoms with E-state index in [9.17, 15) is 9.59 Å². The summed E-state index contributed by atoms with van der Waals surface area (Å²) in [6, 6.07) is 0. The highest BCUT2D eigenvalue weighted by Crippen LogP contribution is 2.25. The molecule has 0 fully saturated rings. The summed E-state index contributed by atoms with van der Waals surface area (Å²) in [6.45, 7) is 2.39. The summed E-state index contributed by atoms with van der Waals surface area (Å²) in [7, 11) is 0. The van der Waals surface area contributed by atoms with E-state index in [1.54, 1.807) is 11.1 Å². The average molecular weight is 194 g/mol. The lowest BCUT2D eigenvalue weighted by Crippen LogP contribution is -2.22. The third-order valence-electron chi connectivity index (χ3n) is 2.45. The molecule has 1 amide bonds. The minimum absolute atomic E-state index is 0.0301. The van der Waals surface area contributed by atoms with Crippen LogP contribution in [0.2, 0.25) is 0 Å². The van der Waals surface area contributed by atoms with Crippen molar-refractivity contribution in [3.8, 4) is 0 Å². The number of carboxylic acids is 1. The van der Waals surface area contributed by atoms with E-state index in [4.69, 9.17) is 5.11 Å². The Balaban J connectivity index is 2.32. The molecule has 74 valence electrons. The van der Waals surface area contributed by atoms with Crippen molar-refractivity contribution in [1.29, 1.82) is 0 Å². The van der Waals surface area contributed by atoms with Crippen LogP contribution in [0.3, 0.4) is 0 Å². The van der Waals surface area contributed by atoms with E-state index in [-0.39, 0.29) is 11.6 Å². The van der Waals surface area contributed by atoms with Crippen molar-refractivity contribution < 1.29 is 14.7 Å². The molecule has 5 heteroatoms. The lowest BCUT2D eigenvalue weighted by atomic mass is 10.2. The van der Waals surface area contributed by atoms with Gasteiger partial charge in [0.15, 0.2) is 0 Å². The van der Waals surface area contributed by atoms with Gasteiger partial charge in [-0.1, -0.05) is 0 Å². The van der Waals surface area contributed by atoms with Gasteiger partial charge < -0.3 is 15.0 Å². The summed E-state index contributed by atoms with van der Waals surface area (Å²) < 4.78 is 0. The molecule has 2 heterocycles. The summed E-state index contributed by atoms with van der Waals surface area (Å²) in [4.78, 5) is 26.1. The van der Waals surface area contributed by atoms with Crippen LogP contribution in [0.25, 0.3) is 0 Å². The summed E-state index contributed by atoms with van der Waals surface area (Å²) in [5.74, 6) is -1.01. The summed E-state index contributed by atoms with van der Waals surface area (Å²) in [5.41, 5.74) is 1.83. The number of fused-ring (bicyclic) bond motifs is 1. The van der Waals surface area contributed by atoms with Crippen molar-refractivity contribution in [3.63, 3.8) is 0 Å². The molecule has 0 bridgehead atoms. The minimum Gasteiger partial charge on any atom is -0.477 e. The molecule has 0 spiro atoms. The third-order valence-corrected chi connectivity index (χ3v) is 2.45. The average Bonchev–Trinajstić information content (AvgIpc) is 2.58. The van der Waals surface area contributed by atoms with Crippen molar-refractivity contribution >= 4 is 11.9 Å². The smallest absolute Gasteiger partial charge is 0.352 e. The number of carbonyl (C=O) groups is 2. The second-order valence-electron chi connectivity index (χ2n) is 3.35. The number of nitrogens with one attached hydrogen (secondary N) is 1. The Morgan fingerprint density at radius 3 is 2.79 bits per heavy atom. The maximum Gasteiger partial charge on any atom is 0.352 e. The maximum atomic E-state index is 11.1. The molecule has 0 aromatic carbocycles. The van der Waals surface area contributed by atoms with E-state index in [0.717, 1.165) is 11.1 Å². The number of hydrogen-bond acceptors (Lipinski definition) is 2. The first-order chi connectivity index (χ1) is 6.59. The van der Waals surface area contributed by atoms with Crippen LogP contribution >= 0.6 is 0 Å². The lowest BCUT2D eigenvalue weighted by molar-refractivity contribution is -0.129. The van der Waals surface area contributed by atoms with E-state index in [1.807, 2.05) is 0 Å². The Labute approximate surface area is 80.3 Å². The van der Waals surface area contributed by atoms with Gasteiger partial charge in [0.05, 0.1) is 0 Å². The first-order valence-electron chi connectivity index (χ1n) is 4.27. The van der Waals surface area contributed by atoms with Crippen LogP contribution in [0.4, 0.5) is 0 Å². The van der Waals surface area contributed by atoms with Crippen LogP contribution in [0.15, 0.2) is 6.20 Å². The number of carbonyl (C=O) groups excluding carboxylic acids is 1. The predicted octanol–water partition coefficient (Wildman–Crippen LogP) is 0.575. The maximum absolute atomic E-state index is 11.1. The molecule has 0 atom stereocenters. The highest BCUT2D eigenvalue weighted by molar-refractivity contribution is 5.88. The van der Waals surface area contributed by atoms with Crippen molar-refractivity contribution in [1.82, 2.24) is 9.88 Å². The Morgan fingerprint density at radius 2 is 2.21 bits per heavy atom. The van der Waals surface area contributed by atoms with Gasteiger partial charge in [-0.05, 0) is 5.56 Å². The van der Waals surface area contributed by atoms with Crippen LogP contribution in [0, 0.1) is 0 Å². The van der Waals surface area contributed by atoms with Crippen LogP contribution in [-0.4, -0.2) is 26.9 Å². The molecule has 1 aliphatic heterocycles. The summed E-state index contributed by atoms with van der Waals surface area (Å²) >= 11 is 0. The highest BCUT2D eigenvalue weighted by atomic mass is 16.4. The van der Waals surface area contributed by atoms with Gasteiger partial charge in [-0.2, -0.15) is 0 Å². The van der Waals surface area contributed by atoms with E-state index in [0.29, 0.717) is 13.1 Å². The van der Waals surface area contributed by atoms with Gasteiger partial charge in [-0.3, -0.25) is 4.79 Å². The molecule has 14 heavy (non-hydrogen) atoms. The largest absolute Gasteiger partial charge is 0.477 e. The molecule has 2 N–H and O–H groups in total. The molecule has 1 aliphatic rings. The molecule has 2 rings (SSSR count). The van der Waals surface area contributed by atoms with E-state index >= 15 is 0 Å². The number of rotatable bonds is 1. The van der Waals surface area contributed by atoms with Gasteiger partial charge in [0, 0.05) is 31.8 Å². The number of amides is 1. The fourth-order valence-electron chi connectivity index (χ4n) is 1.68. The van der Waals surface area contributed by atoms with Gasteiger partial charge in [0.25, 0.3) is 0 Å². The first-order valence-corrected chi connectivity index (χ1v) is 4.27. The number of H-pyrrole nitrogens is 1. The van der Waals surface area contributed by atoms with E-state index in [1.165, 1.54) is 6.92 Å². The van der Waals surface area contributed by atoms with Crippen LogP contribution in [0.5, 0.6) is 0 Å². The number of carboxylic acid groups (broad SMARTS) is 1. The Hall–Kier alpha value is -1.78. The third kappa shape index (κ3) is 1.17. The highest BCUT2D eigenvalue weighted by Gasteiger charge is 2.27. The van der Waals surface area contributed by atoms with Gasteiger partial charge in [0.2, 0.25) is 5.91 Å². The number of aromatic carboxylic acids is 1. The Kier molecular flexibility index (Phi) is 1.80. The lowest BCUT2D eigenvalue weighted by Gasteiger charge is -2.12. The quantitative estimate of drug-likeness (QED) is 0.686. The zero-order valence-electron chi connectivity index (χ0n) is 7.70. The molecule has 5 nitrogen and oxygen atoms in total.